The van der Waals surface area contributed by atoms with Crippen LogP contribution in [0.15, 0.2) is 28.8 Å². The van der Waals surface area contributed by atoms with Crippen molar-refractivity contribution in [3.63, 3.8) is 0 Å². The Morgan fingerprint density at radius 3 is 3.05 bits per heavy atom. The summed E-state index contributed by atoms with van der Waals surface area (Å²) >= 11 is 0. The lowest BCUT2D eigenvalue weighted by Gasteiger charge is -2.22. The van der Waals surface area contributed by atoms with Crippen molar-refractivity contribution in [2.45, 2.75) is 32.4 Å². The molecule has 3 rings (SSSR count). The first kappa shape index (κ1) is 13.8. The zero-order valence-corrected chi connectivity index (χ0v) is 11.8. The monoisotopic (exact) mass is 285 g/mol. The van der Waals surface area contributed by atoms with Crippen LogP contribution in [0.1, 0.15) is 41.5 Å². The van der Waals surface area contributed by atoms with Crippen molar-refractivity contribution in [3.05, 3.63) is 52.7 Å². The van der Waals surface area contributed by atoms with E-state index in [4.69, 9.17) is 9.78 Å². The van der Waals surface area contributed by atoms with Crippen molar-refractivity contribution in [1.82, 2.24) is 10.1 Å². The number of nitriles is 1. The molecule has 1 atom stereocenters. The van der Waals surface area contributed by atoms with Gasteiger partial charge >= 0.3 is 0 Å². The smallest absolute Gasteiger partial charge is 0.133 e. The number of hydrogen-bond donors (Lipinski definition) is 0. The Hall–Kier alpha value is -2.19. The third kappa shape index (κ3) is 2.81. The number of aromatic nitrogens is 1. The van der Waals surface area contributed by atoms with Crippen LogP contribution >= 0.6 is 0 Å². The fourth-order valence-electron chi connectivity index (χ4n) is 2.88. The maximum Gasteiger partial charge on any atom is 0.133 e. The molecular weight excluding hydrogens is 269 g/mol. The summed E-state index contributed by atoms with van der Waals surface area (Å²) in [5, 5.41) is 13.0. The van der Waals surface area contributed by atoms with E-state index < -0.39 is 0 Å². The van der Waals surface area contributed by atoms with E-state index in [0.717, 1.165) is 30.8 Å². The lowest BCUT2D eigenvalue weighted by atomic mass is 10.1. The molecule has 1 aliphatic rings. The first-order valence-corrected chi connectivity index (χ1v) is 7.03. The minimum absolute atomic E-state index is 0.160. The van der Waals surface area contributed by atoms with Crippen molar-refractivity contribution in [1.29, 1.82) is 5.26 Å². The fraction of sp³-hybridized carbons (Fsp3) is 0.375. The summed E-state index contributed by atoms with van der Waals surface area (Å²) in [5.41, 5.74) is 1.95. The second-order valence-corrected chi connectivity index (χ2v) is 5.41. The summed E-state index contributed by atoms with van der Waals surface area (Å²) in [7, 11) is 0. The normalized spacial score (nSPS) is 18.8. The minimum Gasteiger partial charge on any atom is -0.361 e. The number of likely N-dealkylation sites (tertiary alicyclic amines) is 1. The molecule has 1 fully saturated rings. The van der Waals surface area contributed by atoms with E-state index in [9.17, 15) is 4.39 Å². The second kappa shape index (κ2) is 5.66. The van der Waals surface area contributed by atoms with Crippen LogP contribution in [0.2, 0.25) is 0 Å². The summed E-state index contributed by atoms with van der Waals surface area (Å²) < 4.78 is 19.1. The molecule has 1 aromatic carbocycles. The zero-order valence-electron chi connectivity index (χ0n) is 11.8. The molecule has 0 N–H and O–H groups in total. The van der Waals surface area contributed by atoms with E-state index in [1.165, 1.54) is 12.1 Å². The van der Waals surface area contributed by atoms with Gasteiger partial charge < -0.3 is 4.52 Å². The van der Waals surface area contributed by atoms with Gasteiger partial charge in [-0.25, -0.2) is 4.39 Å². The number of hydrogen-bond acceptors (Lipinski definition) is 4. The molecule has 1 aliphatic heterocycles. The molecule has 0 saturated carbocycles. The molecule has 0 spiro atoms. The Kier molecular flexibility index (Phi) is 3.72. The molecule has 21 heavy (non-hydrogen) atoms. The topological polar surface area (TPSA) is 53.1 Å². The highest BCUT2D eigenvalue weighted by Crippen LogP contribution is 2.33. The number of halogens is 1. The lowest BCUT2D eigenvalue weighted by molar-refractivity contribution is 0.233. The largest absolute Gasteiger partial charge is 0.361 e. The number of nitrogens with zero attached hydrogens (tertiary/aromatic N) is 3. The average molecular weight is 285 g/mol. The lowest BCUT2D eigenvalue weighted by Crippen LogP contribution is -2.23. The molecule has 2 aromatic rings. The SMILES string of the molecule is Cc1cc([C@@H]2CCCN2Cc2cc(C#N)ccc2F)no1. The van der Waals surface area contributed by atoms with Crippen molar-refractivity contribution in [2.24, 2.45) is 0 Å². The third-order valence-corrected chi connectivity index (χ3v) is 3.90. The Morgan fingerprint density at radius 1 is 1.48 bits per heavy atom. The van der Waals surface area contributed by atoms with Gasteiger partial charge in [0.25, 0.3) is 0 Å². The molecule has 1 saturated heterocycles. The van der Waals surface area contributed by atoms with Gasteiger partial charge in [0.1, 0.15) is 17.3 Å². The molecule has 0 bridgehead atoms. The van der Waals surface area contributed by atoms with Crippen LogP contribution in [-0.4, -0.2) is 16.6 Å². The molecule has 0 amide bonds. The molecule has 4 nitrogen and oxygen atoms in total. The molecule has 0 aliphatic carbocycles. The number of rotatable bonds is 3. The fourth-order valence-corrected chi connectivity index (χ4v) is 2.88. The standard InChI is InChI=1S/C16H16FN3O/c1-11-7-15(19-21-11)16-3-2-6-20(16)10-13-8-12(9-18)4-5-14(13)17/h4-5,7-8,16H,2-3,6,10H2,1H3/t16-/m0/s1. The Bertz CT molecular complexity index is 689. The van der Waals surface area contributed by atoms with Gasteiger partial charge in [0, 0.05) is 18.2 Å². The summed E-state index contributed by atoms with van der Waals surface area (Å²) in [4.78, 5) is 2.19. The van der Waals surface area contributed by atoms with Gasteiger partial charge in [-0.2, -0.15) is 5.26 Å². The van der Waals surface area contributed by atoms with Crippen LogP contribution < -0.4 is 0 Å². The number of aryl methyl sites for hydroxylation is 1. The van der Waals surface area contributed by atoms with Crippen molar-refractivity contribution >= 4 is 0 Å². The highest BCUT2D eigenvalue weighted by molar-refractivity contribution is 5.33. The third-order valence-electron chi connectivity index (χ3n) is 3.90. The highest BCUT2D eigenvalue weighted by atomic mass is 19.1. The van der Waals surface area contributed by atoms with Gasteiger partial charge in [-0.3, -0.25) is 4.90 Å². The predicted octanol–water partition coefficient (Wildman–Crippen LogP) is 3.33. The maximum absolute atomic E-state index is 13.9. The van der Waals surface area contributed by atoms with Crippen molar-refractivity contribution in [2.75, 3.05) is 6.54 Å². The first-order valence-electron chi connectivity index (χ1n) is 7.03. The van der Waals surface area contributed by atoms with Crippen LogP contribution in [-0.2, 0) is 6.54 Å². The number of benzene rings is 1. The van der Waals surface area contributed by atoms with Crippen LogP contribution in [0.4, 0.5) is 4.39 Å². The Morgan fingerprint density at radius 2 is 2.33 bits per heavy atom. The summed E-state index contributed by atoms with van der Waals surface area (Å²) in [5.74, 6) is 0.519. The first-order chi connectivity index (χ1) is 10.2. The molecule has 0 radical (unpaired) electrons. The van der Waals surface area contributed by atoms with E-state index in [0.29, 0.717) is 17.7 Å². The maximum atomic E-state index is 13.9. The van der Waals surface area contributed by atoms with Crippen LogP contribution in [0.25, 0.3) is 0 Å². The molecular formula is C16H16FN3O. The summed E-state index contributed by atoms with van der Waals surface area (Å²) in [6.07, 6.45) is 2.04. The minimum atomic E-state index is -0.268. The second-order valence-electron chi connectivity index (χ2n) is 5.41. The molecule has 2 heterocycles. The molecule has 0 unspecified atom stereocenters. The quantitative estimate of drug-likeness (QED) is 0.868. The highest BCUT2D eigenvalue weighted by Gasteiger charge is 2.29. The van der Waals surface area contributed by atoms with E-state index in [2.05, 4.69) is 16.1 Å². The van der Waals surface area contributed by atoms with E-state index in [1.807, 2.05) is 13.0 Å². The molecule has 108 valence electrons. The Balaban J connectivity index is 1.82. The van der Waals surface area contributed by atoms with Gasteiger partial charge in [-0.15, -0.1) is 0 Å². The molecule has 5 heteroatoms. The zero-order chi connectivity index (χ0) is 14.8. The van der Waals surface area contributed by atoms with Gasteiger partial charge in [0.15, 0.2) is 0 Å². The summed E-state index contributed by atoms with van der Waals surface area (Å²) in [6.45, 7) is 3.25. The van der Waals surface area contributed by atoms with E-state index in [1.54, 1.807) is 6.07 Å². The van der Waals surface area contributed by atoms with Gasteiger partial charge in [0.05, 0.1) is 17.7 Å². The average Bonchev–Trinajstić information content (AvgIpc) is 3.10. The Labute approximate surface area is 122 Å². The van der Waals surface area contributed by atoms with Crippen molar-refractivity contribution in [3.8, 4) is 6.07 Å². The van der Waals surface area contributed by atoms with Crippen molar-refractivity contribution < 1.29 is 8.91 Å². The van der Waals surface area contributed by atoms with E-state index >= 15 is 0 Å². The van der Waals surface area contributed by atoms with E-state index in [-0.39, 0.29) is 11.9 Å². The predicted molar refractivity (Wildman–Crippen MR) is 74.7 cm³/mol. The summed E-state index contributed by atoms with van der Waals surface area (Å²) in [6, 6.07) is 8.63. The van der Waals surface area contributed by atoms with Gasteiger partial charge in [0.2, 0.25) is 0 Å². The van der Waals surface area contributed by atoms with Crippen LogP contribution in [0.3, 0.4) is 0 Å². The van der Waals surface area contributed by atoms with Gasteiger partial charge in [-0.05, 0) is 44.5 Å². The molecule has 1 aromatic heterocycles. The van der Waals surface area contributed by atoms with Crippen LogP contribution in [0, 0.1) is 24.1 Å². The van der Waals surface area contributed by atoms with Gasteiger partial charge in [-0.1, -0.05) is 5.16 Å². The van der Waals surface area contributed by atoms with Crippen LogP contribution in [0.5, 0.6) is 0 Å².